The number of nitrogens with zero attached hydrogens (tertiary/aromatic N) is 2. The maximum absolute atomic E-state index is 12.3. The van der Waals surface area contributed by atoms with E-state index in [0.717, 1.165) is 29.7 Å². The van der Waals surface area contributed by atoms with Gasteiger partial charge in [0.05, 0.1) is 29.5 Å². The molecule has 30 heavy (non-hydrogen) atoms. The van der Waals surface area contributed by atoms with Gasteiger partial charge in [-0.25, -0.2) is 18.5 Å². The number of hydrogen-bond donors (Lipinski definition) is 1. The van der Waals surface area contributed by atoms with E-state index in [-0.39, 0.29) is 23.9 Å². The fourth-order valence-electron chi connectivity index (χ4n) is 3.12. The minimum absolute atomic E-state index is 0.00167. The highest BCUT2D eigenvalue weighted by Crippen LogP contribution is 2.21. The largest absolute Gasteiger partial charge is 0.497 e. The molecule has 2 aromatic carbocycles. The number of ether oxygens (including phenoxy) is 2. The van der Waals surface area contributed by atoms with E-state index in [0.29, 0.717) is 17.9 Å². The van der Waals surface area contributed by atoms with Crippen molar-refractivity contribution >= 4 is 27.0 Å². The molecule has 9 heteroatoms. The number of aryl methyl sites for hydroxylation is 1. The third-order valence-corrected chi connectivity index (χ3v) is 5.64. The third-order valence-electron chi connectivity index (χ3n) is 4.73. The zero-order chi connectivity index (χ0) is 21.7. The van der Waals surface area contributed by atoms with Gasteiger partial charge >= 0.3 is 5.97 Å². The van der Waals surface area contributed by atoms with Gasteiger partial charge in [-0.1, -0.05) is 25.5 Å². The summed E-state index contributed by atoms with van der Waals surface area (Å²) in [6.45, 7) is 2.76. The maximum atomic E-state index is 12.3. The van der Waals surface area contributed by atoms with Gasteiger partial charge in [-0.15, -0.1) is 0 Å². The predicted octanol–water partition coefficient (Wildman–Crippen LogP) is 2.78. The molecule has 0 atom stereocenters. The molecule has 2 N–H and O–H groups in total. The molecule has 0 saturated heterocycles. The summed E-state index contributed by atoms with van der Waals surface area (Å²) in [5.74, 6) is 0.906. The van der Waals surface area contributed by atoms with Crippen molar-refractivity contribution in [1.29, 1.82) is 0 Å². The number of aromatic nitrogens is 2. The van der Waals surface area contributed by atoms with Crippen LogP contribution in [0.4, 0.5) is 0 Å². The Labute approximate surface area is 175 Å². The van der Waals surface area contributed by atoms with Crippen LogP contribution < -0.4 is 9.88 Å². The molecule has 160 valence electrons. The lowest BCUT2D eigenvalue weighted by molar-refractivity contribution is -0.144. The number of primary sulfonamides is 1. The first kappa shape index (κ1) is 21.8. The van der Waals surface area contributed by atoms with Crippen molar-refractivity contribution in [3.8, 4) is 5.75 Å². The summed E-state index contributed by atoms with van der Waals surface area (Å²) in [4.78, 5) is 16.8. The Morgan fingerprint density at radius 2 is 1.90 bits per heavy atom. The van der Waals surface area contributed by atoms with Crippen LogP contribution in [-0.4, -0.2) is 31.0 Å². The zero-order valence-corrected chi connectivity index (χ0v) is 17.8. The molecule has 3 aromatic rings. The molecule has 0 aliphatic carbocycles. The second kappa shape index (κ2) is 9.27. The topological polar surface area (TPSA) is 114 Å². The predicted molar refractivity (Wildman–Crippen MR) is 113 cm³/mol. The van der Waals surface area contributed by atoms with Crippen molar-refractivity contribution in [2.75, 3.05) is 7.11 Å². The Morgan fingerprint density at radius 1 is 1.17 bits per heavy atom. The molecule has 0 radical (unpaired) electrons. The number of rotatable bonds is 9. The van der Waals surface area contributed by atoms with Crippen LogP contribution in [0, 0.1) is 0 Å². The lowest BCUT2D eigenvalue weighted by Gasteiger charge is -2.10. The second-order valence-corrected chi connectivity index (χ2v) is 8.48. The molecule has 8 nitrogen and oxygen atoms in total. The normalized spacial score (nSPS) is 11.6. The van der Waals surface area contributed by atoms with Crippen LogP contribution in [0.5, 0.6) is 5.75 Å². The molecule has 0 aliphatic heterocycles. The van der Waals surface area contributed by atoms with Crippen LogP contribution in [0.3, 0.4) is 0 Å². The quantitative estimate of drug-likeness (QED) is 0.521. The van der Waals surface area contributed by atoms with Crippen molar-refractivity contribution < 1.29 is 22.7 Å². The Hall–Kier alpha value is -2.91. The van der Waals surface area contributed by atoms with Crippen LogP contribution in [0.2, 0.25) is 0 Å². The molecule has 0 saturated carbocycles. The molecular weight excluding hydrogens is 406 g/mol. The molecule has 1 heterocycles. The van der Waals surface area contributed by atoms with Crippen molar-refractivity contribution in [2.24, 2.45) is 5.14 Å². The smallest absolute Gasteiger partial charge is 0.310 e. The second-order valence-electron chi connectivity index (χ2n) is 6.91. The van der Waals surface area contributed by atoms with E-state index >= 15 is 0 Å². The number of carbonyl (C=O) groups excluding carboxylic acids is 1. The molecule has 0 aliphatic rings. The first-order valence-corrected chi connectivity index (χ1v) is 11.2. The summed E-state index contributed by atoms with van der Waals surface area (Å²) in [7, 11) is -2.24. The summed E-state index contributed by atoms with van der Waals surface area (Å²) < 4.78 is 35.8. The molecule has 0 amide bonds. The summed E-state index contributed by atoms with van der Waals surface area (Å²) in [5, 5.41) is 5.22. The van der Waals surface area contributed by atoms with Crippen molar-refractivity contribution in [3.63, 3.8) is 0 Å². The number of methoxy groups -OCH3 is 1. The molecule has 0 spiro atoms. The number of nitrogens with two attached hydrogens (primary N) is 1. The van der Waals surface area contributed by atoms with Gasteiger partial charge in [-0.05, 0) is 42.3 Å². The van der Waals surface area contributed by atoms with Gasteiger partial charge in [-0.3, -0.25) is 4.79 Å². The molecule has 0 bridgehead atoms. The Morgan fingerprint density at radius 3 is 2.53 bits per heavy atom. The van der Waals surface area contributed by atoms with Crippen molar-refractivity contribution in [1.82, 2.24) is 9.55 Å². The van der Waals surface area contributed by atoms with Gasteiger partial charge in [-0.2, -0.15) is 0 Å². The summed E-state index contributed by atoms with van der Waals surface area (Å²) >= 11 is 0. The summed E-state index contributed by atoms with van der Waals surface area (Å²) in [6, 6.07) is 11.8. The third kappa shape index (κ3) is 5.17. The first-order chi connectivity index (χ1) is 14.3. The fraction of sp³-hybridized carbons (Fsp3) is 0.333. The van der Waals surface area contributed by atoms with Gasteiger partial charge in [0.1, 0.15) is 18.2 Å². The van der Waals surface area contributed by atoms with E-state index in [1.165, 1.54) is 12.1 Å². The summed E-state index contributed by atoms with van der Waals surface area (Å²) in [5.41, 5.74) is 2.09. The molecule has 0 fully saturated rings. The average molecular weight is 432 g/mol. The highest BCUT2D eigenvalue weighted by molar-refractivity contribution is 7.89. The van der Waals surface area contributed by atoms with Crippen LogP contribution in [0.25, 0.3) is 11.0 Å². The first-order valence-electron chi connectivity index (χ1n) is 9.62. The van der Waals surface area contributed by atoms with E-state index in [1.54, 1.807) is 25.3 Å². The number of fused-ring (bicyclic) bond motifs is 1. The van der Waals surface area contributed by atoms with Gasteiger partial charge < -0.3 is 14.0 Å². The van der Waals surface area contributed by atoms with Crippen LogP contribution in [-0.2, 0) is 39.1 Å². The lowest BCUT2D eigenvalue weighted by atomic mass is 10.1. The number of carbonyl (C=O) groups is 1. The van der Waals surface area contributed by atoms with E-state index < -0.39 is 10.0 Å². The maximum Gasteiger partial charge on any atom is 0.310 e. The minimum Gasteiger partial charge on any atom is -0.497 e. The van der Waals surface area contributed by atoms with Crippen LogP contribution in [0.1, 0.15) is 31.2 Å². The molecule has 1 aromatic heterocycles. The van der Waals surface area contributed by atoms with Crippen LogP contribution in [0.15, 0.2) is 47.4 Å². The van der Waals surface area contributed by atoms with E-state index in [2.05, 4.69) is 11.9 Å². The Bertz CT molecular complexity index is 1140. The molecular formula is C21H25N3O5S. The van der Waals surface area contributed by atoms with E-state index in [4.69, 9.17) is 14.6 Å². The lowest BCUT2D eigenvalue weighted by Crippen LogP contribution is -2.12. The van der Waals surface area contributed by atoms with Crippen molar-refractivity contribution in [2.45, 2.75) is 44.2 Å². The van der Waals surface area contributed by atoms with E-state index in [9.17, 15) is 13.2 Å². The van der Waals surface area contributed by atoms with Gasteiger partial charge in [0.15, 0.2) is 0 Å². The SMILES string of the molecule is CCCCn1c(COC(=O)Cc2ccc(OC)cc2)nc2cc(S(N)(=O)=O)ccc21. The fourth-order valence-corrected chi connectivity index (χ4v) is 3.65. The Balaban J connectivity index is 1.78. The number of imidazole rings is 1. The number of esters is 1. The summed E-state index contributed by atoms with van der Waals surface area (Å²) in [6.07, 6.45) is 2.02. The molecule has 3 rings (SSSR count). The van der Waals surface area contributed by atoms with Gasteiger partial charge in [0, 0.05) is 6.54 Å². The standard InChI is InChI=1S/C21H25N3O5S/c1-3-4-11-24-19-10-9-17(30(22,26)27)13-18(19)23-20(24)14-29-21(25)12-15-5-7-16(28-2)8-6-15/h5-10,13H,3-4,11-12,14H2,1-2H3,(H2,22,26,27). The minimum atomic E-state index is -3.82. The number of hydrogen-bond acceptors (Lipinski definition) is 6. The molecule has 0 unspecified atom stereocenters. The van der Waals surface area contributed by atoms with E-state index in [1.807, 2.05) is 16.7 Å². The number of sulfonamides is 1. The number of benzene rings is 2. The van der Waals surface area contributed by atoms with Crippen molar-refractivity contribution in [3.05, 3.63) is 53.9 Å². The highest BCUT2D eigenvalue weighted by atomic mass is 32.2. The number of unbranched alkanes of at least 4 members (excludes halogenated alkanes) is 1. The van der Waals surface area contributed by atoms with Gasteiger partial charge in [0.2, 0.25) is 10.0 Å². The monoisotopic (exact) mass is 431 g/mol. The average Bonchev–Trinajstić information content (AvgIpc) is 3.07. The zero-order valence-electron chi connectivity index (χ0n) is 17.0. The highest BCUT2D eigenvalue weighted by Gasteiger charge is 2.16. The van der Waals surface area contributed by atoms with Gasteiger partial charge in [0.25, 0.3) is 0 Å². The Kier molecular flexibility index (Phi) is 6.73. The van der Waals surface area contributed by atoms with Crippen LogP contribution >= 0.6 is 0 Å².